The Balaban J connectivity index is 2.13. The normalized spacial score (nSPS) is 10.3. The average Bonchev–Trinajstić information content (AvgIpc) is 2.32. The fourth-order valence-corrected chi connectivity index (χ4v) is 2.13. The second-order valence-electron chi connectivity index (χ2n) is 4.02. The molecule has 7 heteroatoms. The third-order valence-electron chi connectivity index (χ3n) is 2.41. The molecule has 1 aromatic heterocycles. The van der Waals surface area contributed by atoms with Crippen molar-refractivity contribution >= 4 is 34.8 Å². The van der Waals surface area contributed by atoms with Crippen LogP contribution in [-0.4, -0.2) is 10.5 Å². The number of carbonyl (C=O) groups excluding carboxylic acids is 1. The number of carbonyl (C=O) groups is 1. The van der Waals surface area contributed by atoms with Crippen LogP contribution in [0.5, 0.6) is 0 Å². The molecule has 20 heavy (non-hydrogen) atoms. The number of rotatable bonds is 3. The molecule has 0 spiro atoms. The van der Waals surface area contributed by atoms with Crippen LogP contribution in [0.4, 0.5) is 10.1 Å². The van der Waals surface area contributed by atoms with Crippen LogP contribution in [0.15, 0.2) is 41.3 Å². The summed E-state index contributed by atoms with van der Waals surface area (Å²) >= 11 is 11.6. The van der Waals surface area contributed by atoms with E-state index in [9.17, 15) is 14.0 Å². The third-order valence-corrected chi connectivity index (χ3v) is 2.84. The van der Waals surface area contributed by atoms with Crippen LogP contribution in [0, 0.1) is 5.82 Å². The van der Waals surface area contributed by atoms with E-state index in [1.165, 1.54) is 18.2 Å². The van der Waals surface area contributed by atoms with Gasteiger partial charge in [-0.2, -0.15) is 0 Å². The molecule has 0 radical (unpaired) electrons. The molecule has 104 valence electrons. The van der Waals surface area contributed by atoms with Gasteiger partial charge in [-0.3, -0.25) is 9.59 Å². The van der Waals surface area contributed by atoms with Gasteiger partial charge in [-0.1, -0.05) is 23.2 Å². The first kappa shape index (κ1) is 14.6. The molecule has 0 unspecified atom stereocenters. The standard InChI is InChI=1S/C13H9Cl2FN2O2/c14-8-3-9(15)5-11(4-8)17-12(19)7-18-6-10(16)1-2-13(18)20/h1-6H,7H2,(H,17,19). The second kappa shape index (κ2) is 6.07. The molecule has 0 bridgehead atoms. The van der Waals surface area contributed by atoms with Crippen LogP contribution in [-0.2, 0) is 11.3 Å². The van der Waals surface area contributed by atoms with Gasteiger partial charge in [0.1, 0.15) is 12.4 Å². The summed E-state index contributed by atoms with van der Waals surface area (Å²) < 4.78 is 14.0. The van der Waals surface area contributed by atoms with E-state index in [1.807, 2.05) is 0 Å². The first-order valence-corrected chi connectivity index (χ1v) is 6.31. The zero-order valence-electron chi connectivity index (χ0n) is 10.1. The quantitative estimate of drug-likeness (QED) is 0.947. The average molecular weight is 315 g/mol. The zero-order chi connectivity index (χ0) is 14.7. The first-order valence-electron chi connectivity index (χ1n) is 5.56. The minimum absolute atomic E-state index is 0.305. The highest BCUT2D eigenvalue weighted by Crippen LogP contribution is 2.22. The van der Waals surface area contributed by atoms with Crippen molar-refractivity contribution in [1.29, 1.82) is 0 Å². The molecule has 1 N–H and O–H groups in total. The number of hydrogen-bond donors (Lipinski definition) is 1. The van der Waals surface area contributed by atoms with E-state index < -0.39 is 17.3 Å². The number of hydrogen-bond acceptors (Lipinski definition) is 2. The summed E-state index contributed by atoms with van der Waals surface area (Å²) in [6.45, 7) is -0.305. The summed E-state index contributed by atoms with van der Waals surface area (Å²) in [7, 11) is 0. The van der Waals surface area contributed by atoms with Crippen LogP contribution in [0.3, 0.4) is 0 Å². The number of benzene rings is 1. The van der Waals surface area contributed by atoms with Crippen LogP contribution in [0.1, 0.15) is 0 Å². The van der Waals surface area contributed by atoms with E-state index >= 15 is 0 Å². The minimum Gasteiger partial charge on any atom is -0.324 e. The molecule has 1 aromatic carbocycles. The van der Waals surface area contributed by atoms with Crippen molar-refractivity contribution in [3.8, 4) is 0 Å². The largest absolute Gasteiger partial charge is 0.324 e. The van der Waals surface area contributed by atoms with Gasteiger partial charge in [0.15, 0.2) is 0 Å². The predicted octanol–water partition coefficient (Wildman–Crippen LogP) is 2.93. The molecule has 2 rings (SSSR count). The Morgan fingerprint density at radius 2 is 1.85 bits per heavy atom. The molecular formula is C13H9Cl2FN2O2. The highest BCUT2D eigenvalue weighted by molar-refractivity contribution is 6.35. The van der Waals surface area contributed by atoms with Gasteiger partial charge in [0.2, 0.25) is 5.91 Å². The maximum absolute atomic E-state index is 13.0. The van der Waals surface area contributed by atoms with Gasteiger partial charge >= 0.3 is 0 Å². The molecule has 0 saturated heterocycles. The van der Waals surface area contributed by atoms with E-state index in [1.54, 1.807) is 0 Å². The first-order chi connectivity index (χ1) is 9.44. The Labute approximate surface area is 123 Å². The van der Waals surface area contributed by atoms with Gasteiger partial charge in [-0.25, -0.2) is 4.39 Å². The number of nitrogens with zero attached hydrogens (tertiary/aromatic N) is 1. The molecule has 1 amide bonds. The maximum Gasteiger partial charge on any atom is 0.251 e. The van der Waals surface area contributed by atoms with Crippen molar-refractivity contribution in [2.75, 3.05) is 5.32 Å². The summed E-state index contributed by atoms with van der Waals surface area (Å²) in [5.74, 6) is -1.08. The van der Waals surface area contributed by atoms with E-state index in [-0.39, 0.29) is 6.54 Å². The molecule has 0 aliphatic rings. The van der Waals surface area contributed by atoms with Crippen molar-refractivity contribution in [2.45, 2.75) is 6.54 Å². The van der Waals surface area contributed by atoms with Gasteiger partial charge in [0.05, 0.1) is 0 Å². The van der Waals surface area contributed by atoms with Gasteiger partial charge in [-0.15, -0.1) is 0 Å². The number of anilines is 1. The number of pyridine rings is 1. The summed E-state index contributed by atoms with van der Waals surface area (Å²) in [5, 5.41) is 3.27. The Hall–Kier alpha value is -1.85. The van der Waals surface area contributed by atoms with Crippen LogP contribution in [0.25, 0.3) is 0 Å². The summed E-state index contributed by atoms with van der Waals surface area (Å²) in [6, 6.07) is 6.64. The highest BCUT2D eigenvalue weighted by atomic mass is 35.5. The molecular weight excluding hydrogens is 306 g/mol. The lowest BCUT2D eigenvalue weighted by Crippen LogP contribution is -2.27. The maximum atomic E-state index is 13.0. The van der Waals surface area contributed by atoms with Gasteiger partial charge < -0.3 is 9.88 Å². The third kappa shape index (κ3) is 3.82. The van der Waals surface area contributed by atoms with Crippen LogP contribution >= 0.6 is 23.2 Å². The smallest absolute Gasteiger partial charge is 0.251 e. The van der Waals surface area contributed by atoms with Gasteiger partial charge in [0, 0.05) is 28.0 Å². The highest BCUT2D eigenvalue weighted by Gasteiger charge is 2.07. The number of aromatic nitrogens is 1. The lowest BCUT2D eigenvalue weighted by Gasteiger charge is -2.08. The lowest BCUT2D eigenvalue weighted by atomic mass is 10.3. The predicted molar refractivity (Wildman–Crippen MR) is 75.8 cm³/mol. The molecule has 0 aliphatic carbocycles. The van der Waals surface area contributed by atoms with E-state index in [2.05, 4.69) is 5.32 Å². The van der Waals surface area contributed by atoms with Gasteiger partial charge in [0.25, 0.3) is 5.56 Å². The fourth-order valence-electron chi connectivity index (χ4n) is 1.61. The number of nitrogens with one attached hydrogen (secondary N) is 1. The minimum atomic E-state index is -0.594. The molecule has 4 nitrogen and oxygen atoms in total. The number of amides is 1. The molecule has 0 aliphatic heterocycles. The Bertz CT molecular complexity index is 696. The van der Waals surface area contributed by atoms with Crippen molar-refractivity contribution in [3.05, 3.63) is 62.7 Å². The van der Waals surface area contributed by atoms with Crippen LogP contribution in [0.2, 0.25) is 10.0 Å². The lowest BCUT2D eigenvalue weighted by molar-refractivity contribution is -0.116. The Morgan fingerprint density at radius 3 is 2.50 bits per heavy atom. The van der Waals surface area contributed by atoms with Crippen molar-refractivity contribution in [3.63, 3.8) is 0 Å². The SMILES string of the molecule is O=C(Cn1cc(F)ccc1=O)Nc1cc(Cl)cc(Cl)c1. The van der Waals surface area contributed by atoms with Crippen molar-refractivity contribution < 1.29 is 9.18 Å². The Morgan fingerprint density at radius 1 is 1.20 bits per heavy atom. The molecule has 0 atom stereocenters. The van der Waals surface area contributed by atoms with Crippen molar-refractivity contribution in [1.82, 2.24) is 4.57 Å². The van der Waals surface area contributed by atoms with Gasteiger partial charge in [-0.05, 0) is 24.3 Å². The monoisotopic (exact) mass is 314 g/mol. The van der Waals surface area contributed by atoms with E-state index in [4.69, 9.17) is 23.2 Å². The number of halogens is 3. The van der Waals surface area contributed by atoms with Crippen LogP contribution < -0.4 is 10.9 Å². The molecule has 0 saturated carbocycles. The Kier molecular flexibility index (Phi) is 4.42. The summed E-state index contributed by atoms with van der Waals surface area (Å²) in [4.78, 5) is 23.2. The fraction of sp³-hybridized carbons (Fsp3) is 0.0769. The zero-order valence-corrected chi connectivity index (χ0v) is 11.6. The van der Waals surface area contributed by atoms with E-state index in [0.717, 1.165) is 22.9 Å². The summed E-state index contributed by atoms with van der Waals surface area (Å²) in [6.07, 6.45) is 0.965. The van der Waals surface area contributed by atoms with Crippen molar-refractivity contribution in [2.24, 2.45) is 0 Å². The summed E-state index contributed by atoms with van der Waals surface area (Å²) in [5.41, 5.74) is -0.0670. The molecule has 1 heterocycles. The topological polar surface area (TPSA) is 51.1 Å². The van der Waals surface area contributed by atoms with E-state index in [0.29, 0.717) is 15.7 Å². The second-order valence-corrected chi connectivity index (χ2v) is 4.89. The molecule has 2 aromatic rings. The molecule has 0 fully saturated rings.